The number of hydrogen-bond acceptors (Lipinski definition) is 4. The zero-order chi connectivity index (χ0) is 16.9. The molecule has 0 radical (unpaired) electrons. The lowest BCUT2D eigenvalue weighted by atomic mass is 10.0. The topological polar surface area (TPSA) is 82.9 Å². The Hall–Kier alpha value is -1.48. The van der Waals surface area contributed by atoms with E-state index in [2.05, 4.69) is 15.6 Å². The van der Waals surface area contributed by atoms with E-state index < -0.39 is 5.60 Å². The molecule has 2 heterocycles. The Morgan fingerprint density at radius 2 is 2.12 bits per heavy atom. The van der Waals surface area contributed by atoms with Crippen LogP contribution in [0.3, 0.4) is 0 Å². The Morgan fingerprint density at radius 3 is 2.67 bits per heavy atom. The first-order chi connectivity index (χ1) is 10.9. The summed E-state index contributed by atoms with van der Waals surface area (Å²) >= 11 is 0. The number of nitrogens with one attached hydrogen (secondary N) is 2. The molecule has 0 aliphatic rings. The summed E-state index contributed by atoms with van der Waals surface area (Å²) in [6, 6.07) is 7.33. The van der Waals surface area contributed by atoms with Crippen molar-refractivity contribution < 1.29 is 13.9 Å². The molecule has 24 heavy (non-hydrogen) atoms. The number of nitrogens with zero attached hydrogens (tertiary/aromatic N) is 1. The third kappa shape index (κ3) is 5.55. The van der Waals surface area contributed by atoms with E-state index in [0.717, 1.165) is 18.1 Å². The molecule has 6 nitrogen and oxygen atoms in total. The van der Waals surface area contributed by atoms with Gasteiger partial charge in [-0.05, 0) is 52.0 Å². The van der Waals surface area contributed by atoms with Gasteiger partial charge in [0.1, 0.15) is 22.9 Å². The second-order valence-electron chi connectivity index (χ2n) is 5.76. The van der Waals surface area contributed by atoms with Gasteiger partial charge in [0.15, 0.2) is 5.96 Å². The Morgan fingerprint density at radius 1 is 1.38 bits per heavy atom. The maximum atomic E-state index is 10.5. The molecule has 0 saturated carbocycles. The highest BCUT2D eigenvalue weighted by molar-refractivity contribution is 14.0. The molecule has 0 fully saturated rings. The molecule has 0 aliphatic carbocycles. The van der Waals surface area contributed by atoms with Gasteiger partial charge in [-0.2, -0.15) is 0 Å². The van der Waals surface area contributed by atoms with Crippen molar-refractivity contribution in [3.05, 3.63) is 47.8 Å². The molecule has 0 aromatic carbocycles. The minimum Gasteiger partial charge on any atom is -0.466 e. The second-order valence-corrected chi connectivity index (χ2v) is 5.76. The summed E-state index contributed by atoms with van der Waals surface area (Å²) in [5.41, 5.74) is -1.16. The smallest absolute Gasteiger partial charge is 0.191 e. The van der Waals surface area contributed by atoms with E-state index in [1.165, 1.54) is 6.26 Å². The van der Waals surface area contributed by atoms with Crippen molar-refractivity contribution in [2.45, 2.75) is 39.3 Å². The van der Waals surface area contributed by atoms with Crippen LogP contribution >= 0.6 is 24.0 Å². The molecule has 134 valence electrons. The van der Waals surface area contributed by atoms with E-state index in [1.807, 2.05) is 32.9 Å². The number of guanidine groups is 1. The van der Waals surface area contributed by atoms with E-state index in [9.17, 15) is 5.11 Å². The van der Waals surface area contributed by atoms with Gasteiger partial charge in [-0.15, -0.1) is 24.0 Å². The molecule has 2 unspecified atom stereocenters. The minimum absolute atomic E-state index is 0. The Labute approximate surface area is 159 Å². The molecule has 7 heteroatoms. The van der Waals surface area contributed by atoms with Gasteiger partial charge < -0.3 is 24.6 Å². The fourth-order valence-electron chi connectivity index (χ4n) is 2.18. The SMILES string of the molecule is CCNC(=NCC(C)(O)c1ccco1)NC(C)c1ccc(C)o1.I. The number of hydrogen-bond donors (Lipinski definition) is 3. The standard InChI is InChI=1S/C17H25N3O3.HI/c1-5-18-16(20-13(3)14-9-8-12(2)23-14)19-11-17(4,21)15-7-6-10-22-15;/h6-10,13,21H,5,11H2,1-4H3,(H2,18,19,20);1H. The zero-order valence-corrected chi connectivity index (χ0v) is 16.8. The van der Waals surface area contributed by atoms with E-state index in [-0.39, 0.29) is 36.6 Å². The van der Waals surface area contributed by atoms with Gasteiger partial charge in [0.2, 0.25) is 0 Å². The Bertz CT molecular complexity index is 635. The highest BCUT2D eigenvalue weighted by Crippen LogP contribution is 2.21. The zero-order valence-electron chi connectivity index (χ0n) is 14.5. The lowest BCUT2D eigenvalue weighted by Gasteiger charge is -2.21. The highest BCUT2D eigenvalue weighted by Gasteiger charge is 2.26. The molecule has 2 rings (SSSR count). The molecule has 2 aromatic rings. The molecule has 2 atom stereocenters. The lowest BCUT2D eigenvalue weighted by Crippen LogP contribution is -2.40. The Kier molecular flexibility index (Phi) is 7.82. The largest absolute Gasteiger partial charge is 0.466 e. The molecule has 3 N–H and O–H groups in total. The number of rotatable bonds is 6. The van der Waals surface area contributed by atoms with Crippen LogP contribution in [0.2, 0.25) is 0 Å². The van der Waals surface area contributed by atoms with Crippen LogP contribution in [0.1, 0.15) is 44.1 Å². The molecular formula is C17H26IN3O3. The number of aliphatic imine (C=N–C) groups is 1. The summed E-state index contributed by atoms with van der Waals surface area (Å²) in [4.78, 5) is 4.46. The van der Waals surface area contributed by atoms with Gasteiger partial charge in [-0.1, -0.05) is 0 Å². The molecular weight excluding hydrogens is 421 g/mol. The first-order valence-corrected chi connectivity index (χ1v) is 7.80. The van der Waals surface area contributed by atoms with E-state index >= 15 is 0 Å². The van der Waals surface area contributed by atoms with Crippen molar-refractivity contribution in [3.8, 4) is 0 Å². The average Bonchev–Trinajstić information content (AvgIpc) is 3.16. The lowest BCUT2D eigenvalue weighted by molar-refractivity contribution is 0.0436. The molecule has 0 aliphatic heterocycles. The molecule has 0 amide bonds. The second kappa shape index (κ2) is 9.12. The van der Waals surface area contributed by atoms with Gasteiger partial charge in [0.05, 0.1) is 18.8 Å². The average molecular weight is 447 g/mol. The predicted molar refractivity (Wildman–Crippen MR) is 105 cm³/mol. The van der Waals surface area contributed by atoms with Gasteiger partial charge in [0.25, 0.3) is 0 Å². The fraction of sp³-hybridized carbons (Fsp3) is 0.471. The molecule has 0 bridgehead atoms. The van der Waals surface area contributed by atoms with Crippen molar-refractivity contribution in [1.82, 2.24) is 10.6 Å². The van der Waals surface area contributed by atoms with Crippen LogP contribution < -0.4 is 10.6 Å². The third-order valence-corrected chi connectivity index (χ3v) is 3.48. The highest BCUT2D eigenvalue weighted by atomic mass is 127. The monoisotopic (exact) mass is 447 g/mol. The first kappa shape index (κ1) is 20.6. The van der Waals surface area contributed by atoms with Gasteiger partial charge in [0, 0.05) is 6.54 Å². The summed E-state index contributed by atoms with van der Waals surface area (Å²) < 4.78 is 10.9. The summed E-state index contributed by atoms with van der Waals surface area (Å²) in [6.45, 7) is 8.48. The van der Waals surface area contributed by atoms with Crippen LogP contribution in [-0.2, 0) is 5.60 Å². The maximum Gasteiger partial charge on any atom is 0.191 e. The van der Waals surface area contributed by atoms with E-state index in [0.29, 0.717) is 11.7 Å². The van der Waals surface area contributed by atoms with Crippen LogP contribution in [0.25, 0.3) is 0 Å². The molecule has 0 spiro atoms. The van der Waals surface area contributed by atoms with Crippen molar-refractivity contribution in [2.75, 3.05) is 13.1 Å². The third-order valence-electron chi connectivity index (χ3n) is 3.48. The van der Waals surface area contributed by atoms with Gasteiger partial charge in [-0.25, -0.2) is 4.99 Å². The molecule has 0 saturated heterocycles. The normalized spacial score (nSPS) is 15.3. The first-order valence-electron chi connectivity index (χ1n) is 7.80. The van der Waals surface area contributed by atoms with Crippen molar-refractivity contribution in [3.63, 3.8) is 0 Å². The van der Waals surface area contributed by atoms with Crippen LogP contribution in [-0.4, -0.2) is 24.2 Å². The minimum atomic E-state index is -1.16. The maximum absolute atomic E-state index is 10.5. The predicted octanol–water partition coefficient (Wildman–Crippen LogP) is 3.32. The van der Waals surface area contributed by atoms with Crippen molar-refractivity contribution in [1.29, 1.82) is 0 Å². The quantitative estimate of drug-likeness (QED) is 0.360. The number of furan rings is 2. The summed E-state index contributed by atoms with van der Waals surface area (Å²) in [5, 5.41) is 16.9. The van der Waals surface area contributed by atoms with Crippen LogP contribution in [0.15, 0.2) is 44.4 Å². The van der Waals surface area contributed by atoms with Crippen LogP contribution in [0, 0.1) is 6.92 Å². The summed E-state index contributed by atoms with van der Waals surface area (Å²) in [5.74, 6) is 2.81. The van der Waals surface area contributed by atoms with Crippen molar-refractivity contribution >= 4 is 29.9 Å². The van der Waals surface area contributed by atoms with E-state index in [4.69, 9.17) is 8.83 Å². The number of aryl methyl sites for hydroxylation is 1. The van der Waals surface area contributed by atoms with E-state index in [1.54, 1.807) is 19.1 Å². The number of halogens is 1. The van der Waals surface area contributed by atoms with Crippen LogP contribution in [0.5, 0.6) is 0 Å². The van der Waals surface area contributed by atoms with Gasteiger partial charge in [-0.3, -0.25) is 0 Å². The number of aliphatic hydroxyl groups is 1. The molecule has 2 aromatic heterocycles. The summed E-state index contributed by atoms with van der Waals surface area (Å²) in [7, 11) is 0. The van der Waals surface area contributed by atoms with Gasteiger partial charge >= 0.3 is 0 Å². The summed E-state index contributed by atoms with van der Waals surface area (Å²) in [6.07, 6.45) is 1.54. The Balaban J connectivity index is 0.00000288. The fourth-order valence-corrected chi connectivity index (χ4v) is 2.18. The van der Waals surface area contributed by atoms with Crippen molar-refractivity contribution in [2.24, 2.45) is 4.99 Å². The van der Waals surface area contributed by atoms with Crippen LogP contribution in [0.4, 0.5) is 0 Å².